The Morgan fingerprint density at radius 3 is 2.33 bits per heavy atom. The first kappa shape index (κ1) is 7.03. The summed E-state index contributed by atoms with van der Waals surface area (Å²) in [5.74, 6) is 0.633. The zero-order chi connectivity index (χ0) is 6.85. The molecule has 1 fully saturated rings. The van der Waals surface area contributed by atoms with Crippen molar-refractivity contribution in [2.45, 2.75) is 38.3 Å². The van der Waals surface area contributed by atoms with Crippen LogP contribution >= 0.6 is 0 Å². The molecule has 1 aliphatic carbocycles. The summed E-state index contributed by atoms with van der Waals surface area (Å²) in [5, 5.41) is 0. The van der Waals surface area contributed by atoms with Gasteiger partial charge in [0.25, 0.3) is 0 Å². The average molecular weight is 128 g/mol. The molecule has 1 rings (SSSR count). The standard InChI is InChI=1S/C7H16N2/c1-5-3-2-4-6(8)7(5)9/h5-7H,2-4,8-9H2,1H3/t5-,6-,7+/m1/s1. The maximum atomic E-state index is 5.80. The fourth-order valence-electron chi connectivity index (χ4n) is 1.48. The maximum absolute atomic E-state index is 5.80. The summed E-state index contributed by atoms with van der Waals surface area (Å²) < 4.78 is 0. The van der Waals surface area contributed by atoms with E-state index in [0.29, 0.717) is 5.92 Å². The molecule has 0 aromatic rings. The van der Waals surface area contributed by atoms with Crippen LogP contribution in [0.25, 0.3) is 0 Å². The van der Waals surface area contributed by atoms with Crippen LogP contribution in [0.3, 0.4) is 0 Å². The van der Waals surface area contributed by atoms with Gasteiger partial charge >= 0.3 is 0 Å². The van der Waals surface area contributed by atoms with E-state index in [1.807, 2.05) is 0 Å². The van der Waals surface area contributed by atoms with Crippen LogP contribution in [0.2, 0.25) is 0 Å². The highest BCUT2D eigenvalue weighted by Gasteiger charge is 2.23. The molecule has 0 amide bonds. The Labute approximate surface area is 56.6 Å². The molecule has 0 spiro atoms. The van der Waals surface area contributed by atoms with Crippen LogP contribution in [-0.4, -0.2) is 12.1 Å². The van der Waals surface area contributed by atoms with Crippen molar-refractivity contribution in [2.75, 3.05) is 0 Å². The summed E-state index contributed by atoms with van der Waals surface area (Å²) in [4.78, 5) is 0. The summed E-state index contributed by atoms with van der Waals surface area (Å²) in [6, 6.07) is 0.507. The SMILES string of the molecule is C[C@@H]1CCC[C@@H](N)[C@H]1N. The van der Waals surface area contributed by atoms with Crippen molar-refractivity contribution in [3.8, 4) is 0 Å². The van der Waals surface area contributed by atoms with Gasteiger partial charge in [-0.2, -0.15) is 0 Å². The molecule has 0 saturated heterocycles. The van der Waals surface area contributed by atoms with Gasteiger partial charge in [-0.1, -0.05) is 13.3 Å². The van der Waals surface area contributed by atoms with Gasteiger partial charge in [0.15, 0.2) is 0 Å². The minimum atomic E-state index is 0.249. The highest BCUT2D eigenvalue weighted by atomic mass is 14.8. The smallest absolute Gasteiger partial charge is 0.0218 e. The first-order valence-electron chi connectivity index (χ1n) is 3.73. The minimum absolute atomic E-state index is 0.249. The Morgan fingerprint density at radius 1 is 1.22 bits per heavy atom. The predicted molar refractivity (Wildman–Crippen MR) is 39.0 cm³/mol. The summed E-state index contributed by atoms with van der Waals surface area (Å²) in [5.41, 5.74) is 11.5. The summed E-state index contributed by atoms with van der Waals surface area (Å²) in [7, 11) is 0. The zero-order valence-electron chi connectivity index (χ0n) is 6.01. The van der Waals surface area contributed by atoms with Crippen molar-refractivity contribution in [1.29, 1.82) is 0 Å². The Balaban J connectivity index is 2.41. The lowest BCUT2D eigenvalue weighted by Gasteiger charge is -2.30. The molecule has 0 radical (unpaired) electrons. The van der Waals surface area contributed by atoms with Crippen LogP contribution in [0, 0.1) is 5.92 Å². The Bertz CT molecular complexity index is 82.9. The highest BCUT2D eigenvalue weighted by Crippen LogP contribution is 2.20. The van der Waals surface area contributed by atoms with E-state index in [4.69, 9.17) is 11.5 Å². The van der Waals surface area contributed by atoms with E-state index in [2.05, 4.69) is 6.92 Å². The lowest BCUT2D eigenvalue weighted by molar-refractivity contribution is 0.293. The first-order chi connectivity index (χ1) is 4.22. The van der Waals surface area contributed by atoms with E-state index in [9.17, 15) is 0 Å². The van der Waals surface area contributed by atoms with Crippen LogP contribution in [0.5, 0.6) is 0 Å². The largest absolute Gasteiger partial charge is 0.326 e. The van der Waals surface area contributed by atoms with Gasteiger partial charge in [0.2, 0.25) is 0 Å². The molecule has 0 heterocycles. The molecule has 2 heteroatoms. The molecule has 0 bridgehead atoms. The third-order valence-corrected chi connectivity index (χ3v) is 2.35. The summed E-state index contributed by atoms with van der Waals surface area (Å²) in [6.07, 6.45) is 3.64. The molecule has 0 aromatic carbocycles. The van der Waals surface area contributed by atoms with Gasteiger partial charge in [-0.15, -0.1) is 0 Å². The molecule has 1 saturated carbocycles. The molecule has 9 heavy (non-hydrogen) atoms. The van der Waals surface area contributed by atoms with Gasteiger partial charge in [0.05, 0.1) is 0 Å². The van der Waals surface area contributed by atoms with Crippen molar-refractivity contribution >= 4 is 0 Å². The normalized spacial score (nSPS) is 45.0. The maximum Gasteiger partial charge on any atom is 0.0218 e. The van der Waals surface area contributed by atoms with Crippen molar-refractivity contribution in [1.82, 2.24) is 0 Å². The van der Waals surface area contributed by atoms with Crippen LogP contribution in [0.1, 0.15) is 26.2 Å². The topological polar surface area (TPSA) is 52.0 Å². The van der Waals surface area contributed by atoms with Crippen molar-refractivity contribution in [2.24, 2.45) is 17.4 Å². The van der Waals surface area contributed by atoms with Crippen molar-refractivity contribution < 1.29 is 0 Å². The fourth-order valence-corrected chi connectivity index (χ4v) is 1.48. The fraction of sp³-hybridized carbons (Fsp3) is 1.00. The first-order valence-corrected chi connectivity index (χ1v) is 3.73. The highest BCUT2D eigenvalue weighted by molar-refractivity contribution is 4.84. The van der Waals surface area contributed by atoms with Crippen molar-refractivity contribution in [3.05, 3.63) is 0 Å². The van der Waals surface area contributed by atoms with Gasteiger partial charge in [0, 0.05) is 12.1 Å². The monoisotopic (exact) mass is 128 g/mol. The van der Waals surface area contributed by atoms with Crippen molar-refractivity contribution in [3.63, 3.8) is 0 Å². The summed E-state index contributed by atoms with van der Waals surface area (Å²) >= 11 is 0. The van der Waals surface area contributed by atoms with Crippen LogP contribution < -0.4 is 11.5 Å². The summed E-state index contributed by atoms with van der Waals surface area (Å²) in [6.45, 7) is 2.18. The van der Waals surface area contributed by atoms with E-state index < -0.39 is 0 Å². The average Bonchev–Trinajstić information content (AvgIpc) is 1.83. The van der Waals surface area contributed by atoms with E-state index in [1.54, 1.807) is 0 Å². The Kier molecular flexibility index (Phi) is 2.09. The lowest BCUT2D eigenvalue weighted by Crippen LogP contribution is -2.48. The van der Waals surface area contributed by atoms with E-state index in [0.717, 1.165) is 6.42 Å². The van der Waals surface area contributed by atoms with Gasteiger partial charge < -0.3 is 11.5 Å². The zero-order valence-corrected chi connectivity index (χ0v) is 6.01. The number of nitrogens with two attached hydrogens (primary N) is 2. The van der Waals surface area contributed by atoms with Crippen LogP contribution in [0.15, 0.2) is 0 Å². The lowest BCUT2D eigenvalue weighted by atomic mass is 9.83. The molecule has 2 nitrogen and oxygen atoms in total. The molecule has 1 aliphatic rings. The van der Waals surface area contributed by atoms with Gasteiger partial charge in [-0.25, -0.2) is 0 Å². The van der Waals surface area contributed by atoms with Gasteiger partial charge in [-0.3, -0.25) is 0 Å². The quantitative estimate of drug-likeness (QED) is 0.498. The Hall–Kier alpha value is -0.0800. The van der Waals surface area contributed by atoms with Crippen LogP contribution in [0.4, 0.5) is 0 Å². The number of hydrogen-bond donors (Lipinski definition) is 2. The van der Waals surface area contributed by atoms with Crippen LogP contribution in [-0.2, 0) is 0 Å². The Morgan fingerprint density at radius 2 is 1.89 bits per heavy atom. The molecular weight excluding hydrogens is 112 g/mol. The second kappa shape index (κ2) is 2.67. The third kappa shape index (κ3) is 1.43. The molecule has 0 aromatic heterocycles. The predicted octanol–water partition coefficient (Wildman–Crippen LogP) is 0.461. The number of rotatable bonds is 0. The molecule has 54 valence electrons. The molecular formula is C7H16N2. The van der Waals surface area contributed by atoms with Gasteiger partial charge in [0.1, 0.15) is 0 Å². The van der Waals surface area contributed by atoms with Gasteiger partial charge in [-0.05, 0) is 18.8 Å². The molecule has 0 unspecified atom stereocenters. The third-order valence-electron chi connectivity index (χ3n) is 2.35. The number of hydrogen-bond acceptors (Lipinski definition) is 2. The molecule has 4 N–H and O–H groups in total. The molecule has 0 aliphatic heterocycles. The second-order valence-corrected chi connectivity index (χ2v) is 3.15. The minimum Gasteiger partial charge on any atom is -0.326 e. The van der Waals surface area contributed by atoms with E-state index in [1.165, 1.54) is 12.8 Å². The second-order valence-electron chi connectivity index (χ2n) is 3.15. The molecule has 3 atom stereocenters. The van der Waals surface area contributed by atoms with E-state index in [-0.39, 0.29) is 12.1 Å². The van der Waals surface area contributed by atoms with E-state index >= 15 is 0 Å².